The van der Waals surface area contributed by atoms with Crippen LogP contribution in [0.25, 0.3) is 11.4 Å². The number of hydrogen-bond donors (Lipinski definition) is 0. The van der Waals surface area contributed by atoms with E-state index in [0.717, 1.165) is 34.9 Å². The van der Waals surface area contributed by atoms with Gasteiger partial charge in [-0.25, -0.2) is 16.8 Å². The van der Waals surface area contributed by atoms with Gasteiger partial charge in [-0.3, -0.25) is 0 Å². The second kappa shape index (κ2) is 11.3. The summed E-state index contributed by atoms with van der Waals surface area (Å²) >= 11 is 2.28. The lowest BCUT2D eigenvalue weighted by Crippen LogP contribution is -2.23. The molecule has 35 heavy (non-hydrogen) atoms. The predicted octanol–water partition coefficient (Wildman–Crippen LogP) is 1.31. The molecule has 0 saturated heterocycles. The maximum atomic E-state index is 12.5. The summed E-state index contributed by atoms with van der Waals surface area (Å²) in [4.78, 5) is 0. The molecule has 0 aliphatic rings. The second-order valence-corrected chi connectivity index (χ2v) is 14.0. The summed E-state index contributed by atoms with van der Waals surface area (Å²) in [6.45, 7) is 0. The quantitative estimate of drug-likeness (QED) is 0.233. The Labute approximate surface area is 210 Å². The van der Waals surface area contributed by atoms with Crippen LogP contribution in [0.4, 0.5) is 0 Å². The number of thioether (sulfide) groups is 2. The molecule has 0 unspecified atom stereocenters. The van der Waals surface area contributed by atoms with Gasteiger partial charge in [0, 0.05) is 11.5 Å². The lowest BCUT2D eigenvalue weighted by atomic mass is 10.3. The van der Waals surface area contributed by atoms with Crippen molar-refractivity contribution in [3.63, 3.8) is 0 Å². The van der Waals surface area contributed by atoms with Crippen LogP contribution in [-0.2, 0) is 19.7 Å². The van der Waals surface area contributed by atoms with E-state index in [0.29, 0.717) is 10.3 Å². The van der Waals surface area contributed by atoms with Gasteiger partial charge < -0.3 is 0 Å². The molecule has 4 rings (SSSR count). The van der Waals surface area contributed by atoms with Crippen molar-refractivity contribution < 1.29 is 16.8 Å². The van der Waals surface area contributed by atoms with Crippen LogP contribution in [0, 0.1) is 0 Å². The Kier molecular flexibility index (Phi) is 8.15. The number of tetrazole rings is 2. The standard InChI is InChI=1S/C19H20N8O4S4/c28-34(29,13-11-32-18-20-22-24-26(18)16-7-3-1-4-8-16)15-35(30,31)14-12-33-19-21-23-25-27(19)17-9-5-2-6-10-17/h1-10H,11-15H2. The van der Waals surface area contributed by atoms with Crippen molar-refractivity contribution >= 4 is 43.2 Å². The van der Waals surface area contributed by atoms with Gasteiger partial charge in [-0.2, -0.15) is 9.36 Å². The molecule has 0 saturated carbocycles. The topological polar surface area (TPSA) is 155 Å². The van der Waals surface area contributed by atoms with E-state index in [9.17, 15) is 16.8 Å². The van der Waals surface area contributed by atoms with Crippen LogP contribution in [0.15, 0.2) is 71.0 Å². The molecule has 184 valence electrons. The number of para-hydroxylation sites is 2. The van der Waals surface area contributed by atoms with Crippen molar-refractivity contribution in [2.45, 2.75) is 10.3 Å². The smallest absolute Gasteiger partial charge is 0.214 e. The van der Waals surface area contributed by atoms with Crippen LogP contribution in [0.1, 0.15) is 0 Å². The van der Waals surface area contributed by atoms with Crippen LogP contribution in [0.3, 0.4) is 0 Å². The van der Waals surface area contributed by atoms with Crippen LogP contribution in [0.2, 0.25) is 0 Å². The molecule has 2 aromatic heterocycles. The number of sulfone groups is 2. The van der Waals surface area contributed by atoms with Crippen LogP contribution >= 0.6 is 23.5 Å². The molecule has 0 aliphatic carbocycles. The van der Waals surface area contributed by atoms with Crippen molar-refractivity contribution in [1.82, 2.24) is 40.4 Å². The highest BCUT2D eigenvalue weighted by atomic mass is 32.3. The minimum atomic E-state index is -3.85. The van der Waals surface area contributed by atoms with E-state index < -0.39 is 24.8 Å². The zero-order chi connectivity index (χ0) is 24.7. The summed E-state index contributed by atoms with van der Waals surface area (Å²) in [6, 6.07) is 18.3. The van der Waals surface area contributed by atoms with Gasteiger partial charge in [0.25, 0.3) is 0 Å². The second-order valence-electron chi connectivity index (χ2n) is 7.13. The van der Waals surface area contributed by atoms with Crippen molar-refractivity contribution in [1.29, 1.82) is 0 Å². The highest BCUT2D eigenvalue weighted by Gasteiger charge is 2.23. The lowest BCUT2D eigenvalue weighted by Gasteiger charge is -2.07. The van der Waals surface area contributed by atoms with Crippen molar-refractivity contribution in [2.24, 2.45) is 0 Å². The van der Waals surface area contributed by atoms with E-state index in [1.165, 1.54) is 9.36 Å². The predicted molar refractivity (Wildman–Crippen MR) is 132 cm³/mol. The molecule has 2 heterocycles. The molecule has 12 nitrogen and oxygen atoms in total. The Morgan fingerprint density at radius 2 is 1.03 bits per heavy atom. The summed E-state index contributed by atoms with van der Waals surface area (Å²) < 4.78 is 52.9. The van der Waals surface area contributed by atoms with E-state index in [-0.39, 0.29) is 23.0 Å². The molecular weight excluding hydrogens is 533 g/mol. The third-order valence-electron chi connectivity index (χ3n) is 4.49. The average molecular weight is 553 g/mol. The van der Waals surface area contributed by atoms with Gasteiger partial charge in [0.05, 0.1) is 22.9 Å². The third kappa shape index (κ3) is 7.09. The maximum Gasteiger partial charge on any atom is 0.214 e. The summed E-state index contributed by atoms with van der Waals surface area (Å²) in [7, 11) is -7.69. The normalized spacial score (nSPS) is 12.1. The zero-order valence-corrected chi connectivity index (χ0v) is 21.4. The van der Waals surface area contributed by atoms with Gasteiger partial charge in [0.1, 0.15) is 0 Å². The van der Waals surface area contributed by atoms with Crippen molar-refractivity contribution in [3.05, 3.63) is 60.7 Å². The first-order valence-corrected chi connectivity index (χ1v) is 15.8. The molecule has 2 aromatic carbocycles. The number of aromatic nitrogens is 8. The molecule has 0 N–H and O–H groups in total. The van der Waals surface area contributed by atoms with Crippen LogP contribution < -0.4 is 0 Å². The lowest BCUT2D eigenvalue weighted by molar-refractivity contribution is 0.590. The third-order valence-corrected chi connectivity index (χ3v) is 11.4. The molecule has 0 radical (unpaired) electrons. The summed E-state index contributed by atoms with van der Waals surface area (Å²) in [5, 5.41) is 22.8. The fourth-order valence-corrected chi connectivity index (χ4v) is 9.82. The van der Waals surface area contributed by atoms with E-state index in [2.05, 4.69) is 31.1 Å². The molecule has 4 aromatic rings. The van der Waals surface area contributed by atoms with Crippen molar-refractivity contribution in [2.75, 3.05) is 28.1 Å². The molecule has 0 aliphatic heterocycles. The van der Waals surface area contributed by atoms with Gasteiger partial charge in [-0.05, 0) is 45.1 Å². The molecule has 0 bridgehead atoms. The van der Waals surface area contributed by atoms with Gasteiger partial charge in [0.15, 0.2) is 24.8 Å². The number of hydrogen-bond acceptors (Lipinski definition) is 12. The minimum Gasteiger partial charge on any atom is -0.228 e. The van der Waals surface area contributed by atoms with E-state index >= 15 is 0 Å². The molecule has 0 atom stereocenters. The van der Waals surface area contributed by atoms with Crippen LogP contribution in [-0.4, -0.2) is 85.3 Å². The number of rotatable bonds is 12. The fraction of sp³-hybridized carbons (Fsp3) is 0.263. The molecule has 16 heteroatoms. The van der Waals surface area contributed by atoms with Gasteiger partial charge in [0.2, 0.25) is 10.3 Å². The molecule has 0 amide bonds. The Bertz CT molecular complexity index is 1350. The highest BCUT2D eigenvalue weighted by Crippen LogP contribution is 2.20. The Morgan fingerprint density at radius 1 is 0.629 bits per heavy atom. The zero-order valence-electron chi connectivity index (χ0n) is 18.2. The van der Waals surface area contributed by atoms with Gasteiger partial charge in [-0.1, -0.05) is 59.9 Å². The number of nitrogens with zero attached hydrogens (tertiary/aromatic N) is 8. The van der Waals surface area contributed by atoms with Gasteiger partial charge >= 0.3 is 0 Å². The highest BCUT2D eigenvalue weighted by molar-refractivity contribution is 8.09. The van der Waals surface area contributed by atoms with Gasteiger partial charge in [-0.15, -0.1) is 10.2 Å². The Morgan fingerprint density at radius 3 is 1.43 bits per heavy atom. The first kappa shape index (κ1) is 25.3. The largest absolute Gasteiger partial charge is 0.228 e. The first-order valence-electron chi connectivity index (χ1n) is 10.2. The Balaban J connectivity index is 1.27. The first-order chi connectivity index (χ1) is 16.8. The molecule has 0 fully saturated rings. The maximum absolute atomic E-state index is 12.5. The number of benzene rings is 2. The SMILES string of the molecule is O=S(=O)(CCSc1nnnn1-c1ccccc1)CS(=O)(=O)CCSc1nnnn1-c1ccccc1. The summed E-state index contributed by atoms with van der Waals surface area (Å²) in [5.41, 5.74) is 1.47. The molecule has 0 spiro atoms. The fourth-order valence-electron chi connectivity index (χ4n) is 2.91. The summed E-state index contributed by atoms with van der Waals surface area (Å²) in [5.74, 6) is -0.410. The molecular formula is C19H20N8O4S4. The van der Waals surface area contributed by atoms with E-state index in [1.807, 2.05) is 60.7 Å². The van der Waals surface area contributed by atoms with E-state index in [1.54, 1.807) is 0 Å². The van der Waals surface area contributed by atoms with Crippen LogP contribution in [0.5, 0.6) is 0 Å². The van der Waals surface area contributed by atoms with Crippen molar-refractivity contribution in [3.8, 4) is 11.4 Å². The monoisotopic (exact) mass is 552 g/mol. The average Bonchev–Trinajstić information content (AvgIpc) is 3.49. The minimum absolute atomic E-state index is 0.117. The van der Waals surface area contributed by atoms with E-state index in [4.69, 9.17) is 0 Å². The Hall–Kier alpha value is -2.82. The summed E-state index contributed by atoms with van der Waals surface area (Å²) in [6.07, 6.45) is 0.